The topological polar surface area (TPSA) is 35.5 Å². The summed E-state index contributed by atoms with van der Waals surface area (Å²) in [6.45, 7) is 8.99. The summed E-state index contributed by atoms with van der Waals surface area (Å²) >= 11 is 0. The Labute approximate surface area is 157 Å². The lowest BCUT2D eigenvalue weighted by atomic mass is 9.93. The molecular weight excluding hydrogens is 343 g/mol. The molecule has 1 fully saturated rings. The van der Waals surface area contributed by atoms with E-state index in [1.807, 2.05) is 12.1 Å². The first-order chi connectivity index (χ1) is 10.6. The van der Waals surface area contributed by atoms with Gasteiger partial charge in [-0.1, -0.05) is 32.0 Å². The fourth-order valence-corrected chi connectivity index (χ4v) is 3.40. The molecule has 1 heterocycles. The summed E-state index contributed by atoms with van der Waals surface area (Å²) in [6.07, 6.45) is 1.18. The van der Waals surface area contributed by atoms with Gasteiger partial charge in [-0.25, -0.2) is 0 Å². The smallest absolute Gasteiger partial charge is 0.116 e. The molecule has 0 aliphatic carbocycles. The van der Waals surface area contributed by atoms with Crippen molar-refractivity contribution in [2.75, 3.05) is 26.2 Å². The number of phenols is 1. The first-order valence-electron chi connectivity index (χ1n) is 8.31. The molecule has 3 rings (SSSR count). The summed E-state index contributed by atoms with van der Waals surface area (Å²) in [5, 5.41) is 15.4. The highest BCUT2D eigenvalue weighted by molar-refractivity contribution is 5.86. The zero-order chi connectivity index (χ0) is 15.5. The van der Waals surface area contributed by atoms with Gasteiger partial charge in [-0.05, 0) is 46.9 Å². The second-order valence-corrected chi connectivity index (χ2v) is 6.72. The van der Waals surface area contributed by atoms with Crippen molar-refractivity contribution in [2.24, 2.45) is 5.92 Å². The van der Waals surface area contributed by atoms with E-state index in [4.69, 9.17) is 0 Å². The third kappa shape index (κ3) is 5.00. The molecule has 1 atom stereocenters. The number of halogens is 2. The number of benzene rings is 2. The minimum atomic E-state index is 0. The number of nitrogens with one attached hydrogen (secondary N) is 1. The van der Waals surface area contributed by atoms with Gasteiger partial charge in [0.05, 0.1) is 0 Å². The van der Waals surface area contributed by atoms with E-state index in [1.165, 1.54) is 17.4 Å². The Kier molecular flexibility index (Phi) is 8.31. The number of piperazine rings is 1. The Balaban J connectivity index is 0.00000144. The lowest BCUT2D eigenvalue weighted by Gasteiger charge is -2.36. The minimum Gasteiger partial charge on any atom is -0.508 e. The van der Waals surface area contributed by atoms with Crippen LogP contribution in [0.15, 0.2) is 36.4 Å². The van der Waals surface area contributed by atoms with E-state index in [-0.39, 0.29) is 24.8 Å². The lowest BCUT2D eigenvalue weighted by molar-refractivity contribution is 0.154. The van der Waals surface area contributed by atoms with Crippen LogP contribution < -0.4 is 5.32 Å². The second kappa shape index (κ2) is 9.47. The molecule has 1 aliphatic rings. The molecule has 134 valence electrons. The van der Waals surface area contributed by atoms with Crippen molar-refractivity contribution in [1.29, 1.82) is 0 Å². The van der Waals surface area contributed by atoms with E-state index in [0.717, 1.165) is 31.6 Å². The van der Waals surface area contributed by atoms with Crippen LogP contribution in [0.1, 0.15) is 31.9 Å². The summed E-state index contributed by atoms with van der Waals surface area (Å²) in [7, 11) is 0. The summed E-state index contributed by atoms with van der Waals surface area (Å²) in [5.74, 6) is 1.01. The van der Waals surface area contributed by atoms with Crippen LogP contribution in [0, 0.1) is 5.92 Å². The van der Waals surface area contributed by atoms with Crippen LogP contribution >= 0.6 is 24.8 Å². The Morgan fingerprint density at radius 3 is 2.29 bits per heavy atom. The van der Waals surface area contributed by atoms with Gasteiger partial charge in [0.2, 0.25) is 0 Å². The molecule has 1 aliphatic heterocycles. The average molecular weight is 371 g/mol. The van der Waals surface area contributed by atoms with Crippen LogP contribution in [0.2, 0.25) is 0 Å². The Hall–Kier alpha value is -1.000. The SMILES string of the molecule is CC(C)C[C@H](c1ccc2cc(O)ccc2c1)N1CCNCC1.Cl.Cl. The van der Waals surface area contributed by atoms with E-state index in [1.54, 1.807) is 6.07 Å². The molecule has 0 unspecified atom stereocenters. The molecule has 0 saturated carbocycles. The van der Waals surface area contributed by atoms with Gasteiger partial charge < -0.3 is 10.4 Å². The van der Waals surface area contributed by atoms with Crippen molar-refractivity contribution in [3.63, 3.8) is 0 Å². The molecule has 0 spiro atoms. The van der Waals surface area contributed by atoms with E-state index >= 15 is 0 Å². The van der Waals surface area contributed by atoms with Gasteiger partial charge in [-0.15, -0.1) is 24.8 Å². The van der Waals surface area contributed by atoms with Crippen LogP contribution in [0.5, 0.6) is 5.75 Å². The van der Waals surface area contributed by atoms with Gasteiger partial charge in [0.1, 0.15) is 5.75 Å². The van der Waals surface area contributed by atoms with Gasteiger partial charge in [0.25, 0.3) is 0 Å². The number of rotatable bonds is 4. The number of nitrogens with zero attached hydrogens (tertiary/aromatic N) is 1. The molecule has 2 aromatic carbocycles. The number of hydrogen-bond donors (Lipinski definition) is 2. The third-order valence-electron chi connectivity index (χ3n) is 4.52. The highest BCUT2D eigenvalue weighted by Crippen LogP contribution is 2.31. The molecule has 24 heavy (non-hydrogen) atoms. The molecule has 2 aromatic rings. The van der Waals surface area contributed by atoms with Crippen molar-refractivity contribution >= 4 is 35.6 Å². The van der Waals surface area contributed by atoms with E-state index in [9.17, 15) is 5.11 Å². The van der Waals surface area contributed by atoms with Crippen molar-refractivity contribution in [3.8, 4) is 5.75 Å². The molecule has 2 N–H and O–H groups in total. The van der Waals surface area contributed by atoms with Crippen molar-refractivity contribution < 1.29 is 5.11 Å². The number of fused-ring (bicyclic) bond motifs is 1. The maximum atomic E-state index is 9.62. The van der Waals surface area contributed by atoms with Gasteiger partial charge in [-0.2, -0.15) is 0 Å². The van der Waals surface area contributed by atoms with E-state index in [2.05, 4.69) is 42.3 Å². The summed E-state index contributed by atoms with van der Waals surface area (Å²) in [6, 6.07) is 12.8. The Morgan fingerprint density at radius 1 is 1.00 bits per heavy atom. The van der Waals surface area contributed by atoms with E-state index < -0.39 is 0 Å². The fraction of sp³-hybridized carbons (Fsp3) is 0.474. The maximum absolute atomic E-state index is 9.62. The normalized spacial score (nSPS) is 16.5. The Morgan fingerprint density at radius 2 is 1.62 bits per heavy atom. The van der Waals surface area contributed by atoms with Crippen molar-refractivity contribution in [1.82, 2.24) is 10.2 Å². The van der Waals surface area contributed by atoms with Gasteiger partial charge in [0.15, 0.2) is 0 Å². The van der Waals surface area contributed by atoms with Crippen LogP contribution in [0.25, 0.3) is 10.8 Å². The first kappa shape index (κ1) is 21.0. The zero-order valence-corrected chi connectivity index (χ0v) is 16.0. The van der Waals surface area contributed by atoms with E-state index in [0.29, 0.717) is 17.7 Å². The average Bonchev–Trinajstić information content (AvgIpc) is 2.53. The largest absolute Gasteiger partial charge is 0.508 e. The summed E-state index contributed by atoms with van der Waals surface area (Å²) in [5.41, 5.74) is 1.40. The summed E-state index contributed by atoms with van der Waals surface area (Å²) < 4.78 is 0. The van der Waals surface area contributed by atoms with Crippen molar-refractivity contribution in [3.05, 3.63) is 42.0 Å². The first-order valence-corrected chi connectivity index (χ1v) is 8.31. The molecule has 3 nitrogen and oxygen atoms in total. The quantitative estimate of drug-likeness (QED) is 0.837. The molecule has 0 bridgehead atoms. The molecule has 5 heteroatoms. The van der Waals surface area contributed by atoms with Gasteiger partial charge in [0, 0.05) is 32.2 Å². The monoisotopic (exact) mass is 370 g/mol. The molecule has 0 aromatic heterocycles. The molecular formula is C19H28Cl2N2O. The van der Waals surface area contributed by atoms with Crippen LogP contribution in [0.3, 0.4) is 0 Å². The summed E-state index contributed by atoms with van der Waals surface area (Å²) in [4.78, 5) is 2.61. The highest BCUT2D eigenvalue weighted by atomic mass is 35.5. The lowest BCUT2D eigenvalue weighted by Crippen LogP contribution is -2.45. The maximum Gasteiger partial charge on any atom is 0.116 e. The third-order valence-corrected chi connectivity index (χ3v) is 4.52. The Bertz CT molecular complexity index is 642. The van der Waals surface area contributed by atoms with Crippen LogP contribution in [-0.4, -0.2) is 36.2 Å². The second-order valence-electron chi connectivity index (χ2n) is 6.72. The van der Waals surface area contributed by atoms with Gasteiger partial charge >= 0.3 is 0 Å². The molecule has 1 saturated heterocycles. The fourth-order valence-electron chi connectivity index (χ4n) is 3.40. The highest BCUT2D eigenvalue weighted by Gasteiger charge is 2.23. The number of aromatic hydroxyl groups is 1. The van der Waals surface area contributed by atoms with Crippen LogP contribution in [-0.2, 0) is 0 Å². The minimum absolute atomic E-state index is 0. The van der Waals surface area contributed by atoms with Crippen molar-refractivity contribution in [2.45, 2.75) is 26.3 Å². The standard InChI is InChI=1S/C19H26N2O.2ClH/c1-14(2)11-19(21-9-7-20-8-10-21)17-4-3-16-13-18(22)6-5-15(16)12-17;;/h3-6,12-14,19-20,22H,7-11H2,1-2H3;2*1H/t19-;;/m1../s1. The van der Waals surface area contributed by atoms with Crippen LogP contribution in [0.4, 0.5) is 0 Å². The van der Waals surface area contributed by atoms with Gasteiger partial charge in [-0.3, -0.25) is 4.90 Å². The molecule has 0 radical (unpaired) electrons. The number of hydrogen-bond acceptors (Lipinski definition) is 3. The predicted molar refractivity (Wildman–Crippen MR) is 107 cm³/mol. The zero-order valence-electron chi connectivity index (χ0n) is 14.4. The molecule has 0 amide bonds. The predicted octanol–water partition coefficient (Wildman–Crippen LogP) is 4.38. The number of phenolic OH excluding ortho intramolecular Hbond substituents is 1.